The molecule has 0 spiro atoms. The van der Waals surface area contributed by atoms with Crippen LogP contribution in [0.2, 0.25) is 0 Å². The smallest absolute Gasteiger partial charge is 0.189 e. The van der Waals surface area contributed by atoms with Crippen molar-refractivity contribution in [1.29, 1.82) is 5.26 Å². The van der Waals surface area contributed by atoms with Gasteiger partial charge in [0, 0.05) is 40.8 Å². The van der Waals surface area contributed by atoms with Crippen molar-refractivity contribution in [2.75, 3.05) is 0 Å². The van der Waals surface area contributed by atoms with Gasteiger partial charge in [-0.15, -0.1) is 0 Å². The Balaban J connectivity index is 0.978. The first-order valence-corrected chi connectivity index (χ1v) is 20.8. The molecule has 5 heteroatoms. The molecule has 0 fully saturated rings. The van der Waals surface area contributed by atoms with E-state index in [9.17, 15) is 5.26 Å². The van der Waals surface area contributed by atoms with E-state index < -0.39 is 0 Å². The molecule has 0 unspecified atom stereocenters. The Morgan fingerprint density at radius 1 is 0.403 bits per heavy atom. The van der Waals surface area contributed by atoms with Gasteiger partial charge in [0.25, 0.3) is 0 Å². The summed E-state index contributed by atoms with van der Waals surface area (Å²) >= 11 is 0. The molecule has 3 aromatic heterocycles. The topological polar surface area (TPSA) is 66.8 Å². The summed E-state index contributed by atoms with van der Waals surface area (Å²) < 4.78 is 0. The van der Waals surface area contributed by atoms with Gasteiger partial charge in [0.1, 0.15) is 0 Å². The minimum absolute atomic E-state index is 0.438. The summed E-state index contributed by atoms with van der Waals surface area (Å²) in [6.07, 6.45) is 9.21. The van der Waals surface area contributed by atoms with Gasteiger partial charge >= 0.3 is 0 Å². The third-order valence-electron chi connectivity index (χ3n) is 11.3. The standard InChI is InChI=1S/C57H41N5/c1-59-52-36-44(38-58)35-50(37-52)49-28-29-57(62-39-49)48-26-24-45(25-27-48)53-8-2-3-9-54(53)51-33-42(14-12-40-16-20-46(21-17-40)55-10-4-6-30-60-55)32-43(34-51)15-13-41-18-22-47(23-19-41)56-11-5-7-31-61-56/h2-11,16-37,39H,12-15H2. The summed E-state index contributed by atoms with van der Waals surface area (Å²) in [5.41, 5.74) is 18.6. The summed E-state index contributed by atoms with van der Waals surface area (Å²) in [5, 5.41) is 9.45. The van der Waals surface area contributed by atoms with E-state index in [2.05, 4.69) is 136 Å². The van der Waals surface area contributed by atoms with Gasteiger partial charge in [0.05, 0.1) is 29.7 Å². The molecule has 9 rings (SSSR count). The van der Waals surface area contributed by atoms with Crippen LogP contribution in [0.4, 0.5) is 5.69 Å². The molecule has 62 heavy (non-hydrogen) atoms. The van der Waals surface area contributed by atoms with E-state index in [1.165, 1.54) is 38.9 Å². The van der Waals surface area contributed by atoms with Crippen molar-refractivity contribution in [2.24, 2.45) is 0 Å². The van der Waals surface area contributed by atoms with Crippen molar-refractivity contribution in [3.8, 4) is 73.2 Å². The first-order valence-electron chi connectivity index (χ1n) is 20.8. The monoisotopic (exact) mass is 795 g/mol. The minimum atomic E-state index is 0.438. The molecule has 294 valence electrons. The van der Waals surface area contributed by atoms with Gasteiger partial charge in [-0.1, -0.05) is 133 Å². The summed E-state index contributed by atoms with van der Waals surface area (Å²) in [6, 6.07) is 65.4. The number of hydrogen-bond acceptors (Lipinski definition) is 4. The molecule has 6 aromatic carbocycles. The molecule has 3 heterocycles. The van der Waals surface area contributed by atoms with Crippen molar-refractivity contribution in [1.82, 2.24) is 15.0 Å². The van der Waals surface area contributed by atoms with Crippen LogP contribution in [-0.4, -0.2) is 15.0 Å². The highest BCUT2D eigenvalue weighted by Crippen LogP contribution is 2.35. The number of benzene rings is 6. The average Bonchev–Trinajstić information content (AvgIpc) is 3.36. The lowest BCUT2D eigenvalue weighted by atomic mass is 9.90. The number of rotatable bonds is 12. The molecule has 0 aliphatic rings. The van der Waals surface area contributed by atoms with E-state index in [0.29, 0.717) is 11.3 Å². The maximum absolute atomic E-state index is 9.45. The van der Waals surface area contributed by atoms with Crippen LogP contribution < -0.4 is 0 Å². The van der Waals surface area contributed by atoms with Crippen molar-refractivity contribution >= 4 is 5.69 Å². The second kappa shape index (κ2) is 18.3. The molecule has 0 atom stereocenters. The van der Waals surface area contributed by atoms with E-state index in [-0.39, 0.29) is 0 Å². The number of nitrogens with zero attached hydrogens (tertiary/aromatic N) is 5. The van der Waals surface area contributed by atoms with Gasteiger partial charge in [-0.2, -0.15) is 5.26 Å². The lowest BCUT2D eigenvalue weighted by Crippen LogP contribution is -1.98. The first-order chi connectivity index (χ1) is 30.6. The summed E-state index contributed by atoms with van der Waals surface area (Å²) in [6.45, 7) is 7.43. The Hall–Kier alpha value is -8.25. The van der Waals surface area contributed by atoms with Crippen LogP contribution >= 0.6 is 0 Å². The summed E-state index contributed by atoms with van der Waals surface area (Å²) in [5.74, 6) is 0. The molecule has 0 amide bonds. The quantitative estimate of drug-likeness (QED) is 0.116. The van der Waals surface area contributed by atoms with E-state index in [0.717, 1.165) is 76.1 Å². The summed E-state index contributed by atoms with van der Waals surface area (Å²) in [4.78, 5) is 17.4. The second-order valence-electron chi connectivity index (χ2n) is 15.4. The fourth-order valence-corrected chi connectivity index (χ4v) is 7.98. The van der Waals surface area contributed by atoms with Gasteiger partial charge in [-0.3, -0.25) is 15.0 Å². The molecule has 0 saturated carbocycles. The molecule has 0 bridgehead atoms. The molecule has 0 radical (unpaired) electrons. The van der Waals surface area contributed by atoms with Crippen LogP contribution in [0.1, 0.15) is 27.8 Å². The Labute approximate surface area is 363 Å². The Morgan fingerprint density at radius 2 is 0.887 bits per heavy atom. The zero-order valence-corrected chi connectivity index (χ0v) is 34.1. The van der Waals surface area contributed by atoms with Crippen LogP contribution in [0, 0.1) is 17.9 Å². The Bertz CT molecular complexity index is 2900. The zero-order chi connectivity index (χ0) is 42.1. The van der Waals surface area contributed by atoms with Gasteiger partial charge < -0.3 is 0 Å². The maximum atomic E-state index is 9.45. The van der Waals surface area contributed by atoms with Crippen molar-refractivity contribution in [3.05, 3.63) is 240 Å². The molecular formula is C57H41N5. The third-order valence-corrected chi connectivity index (χ3v) is 11.3. The fraction of sp³-hybridized carbons (Fsp3) is 0.0702. The predicted octanol–water partition coefficient (Wildman–Crippen LogP) is 13.9. The largest absolute Gasteiger partial charge is 0.256 e. The number of nitriles is 1. The van der Waals surface area contributed by atoms with Crippen molar-refractivity contribution in [2.45, 2.75) is 25.7 Å². The normalized spacial score (nSPS) is 10.8. The third kappa shape index (κ3) is 9.14. The zero-order valence-electron chi connectivity index (χ0n) is 34.1. The summed E-state index contributed by atoms with van der Waals surface area (Å²) in [7, 11) is 0. The van der Waals surface area contributed by atoms with Crippen LogP contribution in [-0.2, 0) is 25.7 Å². The van der Waals surface area contributed by atoms with Crippen molar-refractivity contribution in [3.63, 3.8) is 0 Å². The predicted molar refractivity (Wildman–Crippen MR) is 251 cm³/mol. The SMILES string of the molecule is [C-]#[N+]c1cc(C#N)cc(-c2ccc(-c3ccc(-c4ccccc4-c4cc(CCc5ccc(-c6ccccn6)cc5)cc(CCc5ccc(-c6ccccn6)cc5)c4)cc3)nc2)c1. The fourth-order valence-electron chi connectivity index (χ4n) is 7.98. The average molecular weight is 796 g/mol. The van der Waals surface area contributed by atoms with Crippen LogP contribution in [0.3, 0.4) is 0 Å². The molecule has 5 nitrogen and oxygen atoms in total. The minimum Gasteiger partial charge on any atom is -0.256 e. The highest BCUT2D eigenvalue weighted by Gasteiger charge is 2.12. The number of aromatic nitrogens is 3. The van der Waals surface area contributed by atoms with E-state index in [1.807, 2.05) is 67.1 Å². The number of aryl methyl sites for hydroxylation is 4. The van der Waals surface area contributed by atoms with Gasteiger partial charge in [-0.25, -0.2) is 4.85 Å². The van der Waals surface area contributed by atoms with Gasteiger partial charge in [0.2, 0.25) is 0 Å². The lowest BCUT2D eigenvalue weighted by Gasteiger charge is -2.15. The first kappa shape index (κ1) is 39.2. The van der Waals surface area contributed by atoms with Crippen LogP contribution in [0.15, 0.2) is 201 Å². The molecule has 0 saturated heterocycles. The van der Waals surface area contributed by atoms with Gasteiger partial charge in [-0.05, 0) is 130 Å². The highest BCUT2D eigenvalue weighted by molar-refractivity contribution is 5.85. The molecular weight excluding hydrogens is 755 g/mol. The van der Waals surface area contributed by atoms with Crippen LogP contribution in [0.25, 0.3) is 72.0 Å². The Morgan fingerprint density at radius 3 is 1.39 bits per heavy atom. The maximum Gasteiger partial charge on any atom is 0.189 e. The Kier molecular flexibility index (Phi) is 11.6. The number of pyridine rings is 3. The highest BCUT2D eigenvalue weighted by atomic mass is 14.7. The number of hydrogen-bond donors (Lipinski definition) is 0. The second-order valence-corrected chi connectivity index (χ2v) is 15.4. The molecule has 0 N–H and O–H groups in total. The van der Waals surface area contributed by atoms with Crippen molar-refractivity contribution < 1.29 is 0 Å². The molecule has 0 aliphatic heterocycles. The molecule has 9 aromatic rings. The van der Waals surface area contributed by atoms with Gasteiger partial charge in [0.15, 0.2) is 5.69 Å². The van der Waals surface area contributed by atoms with E-state index in [1.54, 1.807) is 18.2 Å². The lowest BCUT2D eigenvalue weighted by molar-refractivity contribution is 0.931. The van der Waals surface area contributed by atoms with E-state index in [4.69, 9.17) is 11.6 Å². The van der Waals surface area contributed by atoms with E-state index >= 15 is 0 Å². The van der Waals surface area contributed by atoms with Crippen LogP contribution in [0.5, 0.6) is 0 Å². The molecule has 0 aliphatic carbocycles.